The van der Waals surface area contributed by atoms with Gasteiger partial charge in [-0.1, -0.05) is 6.07 Å². The van der Waals surface area contributed by atoms with Crippen LogP contribution in [0.1, 0.15) is 11.4 Å². The Morgan fingerprint density at radius 1 is 1.12 bits per heavy atom. The van der Waals surface area contributed by atoms with Gasteiger partial charge in [0.1, 0.15) is 5.82 Å². The lowest BCUT2D eigenvalue weighted by atomic mass is 10.1. The van der Waals surface area contributed by atoms with Crippen molar-refractivity contribution < 1.29 is 13.6 Å². The molecule has 1 aromatic heterocycles. The van der Waals surface area contributed by atoms with Crippen LogP contribution in [-0.4, -0.2) is 51.8 Å². The van der Waals surface area contributed by atoms with Crippen LogP contribution in [-0.2, 0) is 18.3 Å². The number of aryl methyl sites for hydroxylation is 1. The van der Waals surface area contributed by atoms with Gasteiger partial charge in [-0.05, 0) is 24.6 Å². The Kier molecular flexibility index (Phi) is 4.46. The first-order chi connectivity index (χ1) is 11.5. The highest BCUT2D eigenvalue weighted by Gasteiger charge is 2.24. The molecule has 0 aliphatic carbocycles. The second-order valence-corrected chi connectivity index (χ2v) is 5.90. The summed E-state index contributed by atoms with van der Waals surface area (Å²) in [6.07, 6.45) is 0.0697. The van der Waals surface area contributed by atoms with Crippen LogP contribution in [0.2, 0.25) is 0 Å². The van der Waals surface area contributed by atoms with Gasteiger partial charge in [-0.2, -0.15) is 0 Å². The smallest absolute Gasteiger partial charge is 0.227 e. The number of carbonyl (C=O) groups excluding carboxylic acids is 1. The molecule has 0 spiro atoms. The van der Waals surface area contributed by atoms with Gasteiger partial charge in [-0.25, -0.2) is 8.78 Å². The van der Waals surface area contributed by atoms with Crippen LogP contribution in [0.4, 0.5) is 14.7 Å². The zero-order valence-corrected chi connectivity index (χ0v) is 13.7. The highest BCUT2D eigenvalue weighted by atomic mass is 19.2. The maximum atomic E-state index is 13.2. The van der Waals surface area contributed by atoms with Crippen molar-refractivity contribution in [2.75, 3.05) is 31.1 Å². The lowest BCUT2D eigenvalue weighted by molar-refractivity contribution is -0.130. The number of amides is 1. The van der Waals surface area contributed by atoms with Crippen LogP contribution in [0.3, 0.4) is 0 Å². The molecule has 6 nitrogen and oxygen atoms in total. The molecule has 3 rings (SSSR count). The first-order valence-corrected chi connectivity index (χ1v) is 7.78. The average Bonchev–Trinajstić information content (AvgIpc) is 2.90. The molecule has 1 aliphatic heterocycles. The number of carbonyl (C=O) groups is 1. The molecule has 0 N–H and O–H groups in total. The van der Waals surface area contributed by atoms with Crippen LogP contribution in [0, 0.1) is 18.6 Å². The summed E-state index contributed by atoms with van der Waals surface area (Å²) in [6.45, 7) is 4.34. The van der Waals surface area contributed by atoms with E-state index >= 15 is 0 Å². The number of anilines is 1. The maximum Gasteiger partial charge on any atom is 0.227 e. The summed E-state index contributed by atoms with van der Waals surface area (Å²) in [7, 11) is 1.91. The van der Waals surface area contributed by atoms with Crippen LogP contribution in [0.5, 0.6) is 0 Å². The van der Waals surface area contributed by atoms with E-state index < -0.39 is 11.6 Å². The SMILES string of the molecule is Cc1nnc(N2CCN(C(=O)Cc3ccc(F)c(F)c3)CC2)n1C. The molecule has 24 heavy (non-hydrogen) atoms. The molecule has 1 saturated heterocycles. The van der Waals surface area contributed by atoms with Crippen molar-refractivity contribution in [3.05, 3.63) is 41.2 Å². The van der Waals surface area contributed by atoms with Gasteiger partial charge in [-0.3, -0.25) is 4.79 Å². The Bertz CT molecular complexity index is 753. The number of piperazine rings is 1. The summed E-state index contributed by atoms with van der Waals surface area (Å²) < 4.78 is 28.1. The molecule has 2 heterocycles. The number of halogens is 2. The summed E-state index contributed by atoms with van der Waals surface area (Å²) >= 11 is 0. The second-order valence-electron chi connectivity index (χ2n) is 5.90. The zero-order valence-electron chi connectivity index (χ0n) is 13.7. The van der Waals surface area contributed by atoms with E-state index in [1.807, 2.05) is 18.5 Å². The van der Waals surface area contributed by atoms with Gasteiger partial charge in [0, 0.05) is 33.2 Å². The highest BCUT2D eigenvalue weighted by Crippen LogP contribution is 2.15. The Balaban J connectivity index is 1.59. The Morgan fingerprint density at radius 3 is 2.42 bits per heavy atom. The number of aromatic nitrogens is 3. The normalized spacial score (nSPS) is 15.0. The zero-order chi connectivity index (χ0) is 17.3. The predicted molar refractivity (Wildman–Crippen MR) is 84.6 cm³/mol. The Morgan fingerprint density at radius 2 is 1.83 bits per heavy atom. The van der Waals surface area contributed by atoms with Crippen molar-refractivity contribution in [1.82, 2.24) is 19.7 Å². The molecule has 0 unspecified atom stereocenters. The molecule has 1 amide bonds. The largest absolute Gasteiger partial charge is 0.339 e. The molecular formula is C16H19F2N5O. The maximum absolute atomic E-state index is 13.2. The highest BCUT2D eigenvalue weighted by molar-refractivity contribution is 5.79. The van der Waals surface area contributed by atoms with Gasteiger partial charge in [0.2, 0.25) is 11.9 Å². The summed E-state index contributed by atoms with van der Waals surface area (Å²) in [6, 6.07) is 3.56. The third-order valence-corrected chi connectivity index (χ3v) is 4.32. The van der Waals surface area contributed by atoms with Gasteiger partial charge in [-0.15, -0.1) is 10.2 Å². The van der Waals surface area contributed by atoms with Crippen LogP contribution in [0.15, 0.2) is 18.2 Å². The quantitative estimate of drug-likeness (QED) is 0.848. The topological polar surface area (TPSA) is 54.3 Å². The Labute approximate surface area is 138 Å². The number of nitrogens with zero attached hydrogens (tertiary/aromatic N) is 5. The lowest BCUT2D eigenvalue weighted by Gasteiger charge is -2.35. The van der Waals surface area contributed by atoms with E-state index in [-0.39, 0.29) is 12.3 Å². The number of hydrogen-bond acceptors (Lipinski definition) is 4. The minimum Gasteiger partial charge on any atom is -0.339 e. The molecule has 1 fully saturated rings. The van der Waals surface area contributed by atoms with Gasteiger partial charge in [0.25, 0.3) is 0 Å². The van der Waals surface area contributed by atoms with Crippen LogP contribution >= 0.6 is 0 Å². The van der Waals surface area contributed by atoms with Crippen molar-refractivity contribution in [2.45, 2.75) is 13.3 Å². The van der Waals surface area contributed by atoms with E-state index in [4.69, 9.17) is 0 Å². The fourth-order valence-corrected chi connectivity index (χ4v) is 2.76. The first-order valence-electron chi connectivity index (χ1n) is 7.78. The number of hydrogen-bond donors (Lipinski definition) is 0. The average molecular weight is 335 g/mol. The van der Waals surface area contributed by atoms with Gasteiger partial charge in [0.15, 0.2) is 11.6 Å². The van der Waals surface area contributed by atoms with Crippen LogP contribution < -0.4 is 4.90 Å². The third kappa shape index (κ3) is 3.22. The van der Waals surface area contributed by atoms with Crippen LogP contribution in [0.25, 0.3) is 0 Å². The minimum absolute atomic E-state index is 0.0697. The first kappa shape index (κ1) is 16.4. The number of benzene rings is 1. The molecule has 0 atom stereocenters. The van der Waals surface area contributed by atoms with E-state index in [1.54, 1.807) is 4.90 Å². The van der Waals surface area contributed by atoms with Crippen molar-refractivity contribution >= 4 is 11.9 Å². The summed E-state index contributed by atoms with van der Waals surface area (Å²) in [4.78, 5) is 16.2. The molecule has 2 aromatic rings. The molecule has 128 valence electrons. The van der Waals surface area contributed by atoms with Crippen molar-refractivity contribution in [2.24, 2.45) is 7.05 Å². The minimum atomic E-state index is -0.928. The third-order valence-electron chi connectivity index (χ3n) is 4.32. The van der Waals surface area contributed by atoms with Gasteiger partial charge in [0.05, 0.1) is 6.42 Å². The fourth-order valence-electron chi connectivity index (χ4n) is 2.76. The van der Waals surface area contributed by atoms with Crippen molar-refractivity contribution in [1.29, 1.82) is 0 Å². The van der Waals surface area contributed by atoms with E-state index in [0.717, 1.165) is 23.9 Å². The van der Waals surface area contributed by atoms with E-state index in [9.17, 15) is 13.6 Å². The van der Waals surface area contributed by atoms with Crippen molar-refractivity contribution in [3.8, 4) is 0 Å². The van der Waals surface area contributed by atoms with E-state index in [2.05, 4.69) is 15.1 Å². The van der Waals surface area contributed by atoms with E-state index in [1.165, 1.54) is 6.07 Å². The molecule has 1 aliphatic rings. The summed E-state index contributed by atoms with van der Waals surface area (Å²) in [5, 5.41) is 8.19. The fraction of sp³-hybridized carbons (Fsp3) is 0.438. The molecule has 1 aromatic carbocycles. The number of rotatable bonds is 3. The second kappa shape index (κ2) is 6.54. The molecule has 0 saturated carbocycles. The summed E-state index contributed by atoms with van der Waals surface area (Å²) in [5.41, 5.74) is 0.477. The summed E-state index contributed by atoms with van der Waals surface area (Å²) in [5.74, 6) is -0.293. The van der Waals surface area contributed by atoms with E-state index in [0.29, 0.717) is 31.7 Å². The van der Waals surface area contributed by atoms with Crippen molar-refractivity contribution in [3.63, 3.8) is 0 Å². The standard InChI is InChI=1S/C16H19F2N5O/c1-11-19-20-16(21(11)2)23-7-5-22(6-8-23)15(24)10-12-3-4-13(17)14(18)9-12/h3-4,9H,5-8,10H2,1-2H3. The monoisotopic (exact) mass is 335 g/mol. The Hall–Kier alpha value is -2.51. The predicted octanol–water partition coefficient (Wildman–Crippen LogP) is 1.29. The molecular weight excluding hydrogens is 316 g/mol. The molecule has 8 heteroatoms. The van der Waals surface area contributed by atoms with Gasteiger partial charge >= 0.3 is 0 Å². The molecule has 0 bridgehead atoms. The molecule has 0 radical (unpaired) electrons. The van der Waals surface area contributed by atoms with Gasteiger partial charge < -0.3 is 14.4 Å². The lowest BCUT2D eigenvalue weighted by Crippen LogP contribution is -2.49.